The normalized spacial score (nSPS) is 14.8. The van der Waals surface area contributed by atoms with Gasteiger partial charge in [0.2, 0.25) is 11.8 Å². The highest BCUT2D eigenvalue weighted by molar-refractivity contribution is 5.95. The third-order valence-electron chi connectivity index (χ3n) is 4.44. The van der Waals surface area contributed by atoms with Crippen LogP contribution in [0.15, 0.2) is 28.8 Å². The van der Waals surface area contributed by atoms with Gasteiger partial charge in [-0.1, -0.05) is 11.2 Å². The maximum absolute atomic E-state index is 12.5. The Balaban J connectivity index is 1.52. The minimum atomic E-state index is -0.530. The molecule has 0 aliphatic carbocycles. The summed E-state index contributed by atoms with van der Waals surface area (Å²) in [7, 11) is 0. The molecule has 1 N–H and O–H groups in total. The summed E-state index contributed by atoms with van der Waals surface area (Å²) in [6.07, 6.45) is 1.05. The average Bonchev–Trinajstić information content (AvgIpc) is 3.11. The number of likely N-dealkylation sites (tertiary alicyclic amines) is 1. The lowest BCUT2D eigenvalue weighted by Gasteiger charge is -2.31. The van der Waals surface area contributed by atoms with E-state index in [9.17, 15) is 19.7 Å². The molecule has 3 rings (SSSR count). The van der Waals surface area contributed by atoms with E-state index >= 15 is 0 Å². The van der Waals surface area contributed by atoms with Crippen molar-refractivity contribution < 1.29 is 19.0 Å². The third kappa shape index (κ3) is 4.46. The number of rotatable bonds is 5. The number of carbonyl (C=O) groups excluding carboxylic acids is 2. The molecule has 27 heavy (non-hydrogen) atoms. The number of benzene rings is 1. The van der Waals surface area contributed by atoms with E-state index in [1.54, 1.807) is 17.9 Å². The van der Waals surface area contributed by atoms with Crippen LogP contribution < -0.4 is 5.32 Å². The van der Waals surface area contributed by atoms with Crippen LogP contribution in [0.4, 0.5) is 5.69 Å². The molecule has 1 aromatic carbocycles. The van der Waals surface area contributed by atoms with Gasteiger partial charge in [0.05, 0.1) is 11.5 Å². The number of aromatic nitrogens is 2. The summed E-state index contributed by atoms with van der Waals surface area (Å²) in [6.45, 7) is 2.70. The number of non-ortho nitro benzene ring substituents is 1. The molecule has 2 amide bonds. The fraction of sp³-hybridized carbons (Fsp3) is 0.412. The second-order valence-electron chi connectivity index (χ2n) is 6.33. The maximum atomic E-state index is 12.5. The fourth-order valence-electron chi connectivity index (χ4n) is 3.00. The predicted octanol–water partition coefficient (Wildman–Crippen LogP) is 1.45. The number of hydrogen-bond donors (Lipinski definition) is 1. The highest BCUT2D eigenvalue weighted by atomic mass is 16.6. The third-order valence-corrected chi connectivity index (χ3v) is 4.44. The lowest BCUT2D eigenvalue weighted by Crippen LogP contribution is -2.43. The van der Waals surface area contributed by atoms with E-state index in [1.165, 1.54) is 18.2 Å². The summed E-state index contributed by atoms with van der Waals surface area (Å²) in [4.78, 5) is 40.8. The first-order valence-electron chi connectivity index (χ1n) is 8.54. The van der Waals surface area contributed by atoms with Gasteiger partial charge in [-0.2, -0.15) is 4.98 Å². The zero-order valence-corrected chi connectivity index (χ0v) is 14.8. The number of nitrogens with one attached hydrogen (secondary N) is 1. The van der Waals surface area contributed by atoms with Gasteiger partial charge in [-0.15, -0.1) is 0 Å². The first kappa shape index (κ1) is 18.5. The van der Waals surface area contributed by atoms with Crippen LogP contribution in [0.25, 0.3) is 0 Å². The number of nitrogens with zero attached hydrogens (tertiary/aromatic N) is 4. The van der Waals surface area contributed by atoms with E-state index in [1.807, 2.05) is 0 Å². The first-order valence-corrected chi connectivity index (χ1v) is 8.54. The van der Waals surface area contributed by atoms with Crippen LogP contribution in [0.5, 0.6) is 0 Å². The first-order chi connectivity index (χ1) is 12.9. The summed E-state index contributed by atoms with van der Waals surface area (Å²) in [5.41, 5.74) is 0.158. The highest BCUT2D eigenvalue weighted by Gasteiger charge is 2.28. The molecular formula is C17H19N5O5. The van der Waals surface area contributed by atoms with Crippen LogP contribution in [-0.2, 0) is 11.3 Å². The summed E-state index contributed by atoms with van der Waals surface area (Å²) >= 11 is 0. The molecule has 10 heteroatoms. The Morgan fingerprint density at radius 3 is 2.74 bits per heavy atom. The van der Waals surface area contributed by atoms with Crippen LogP contribution in [0.2, 0.25) is 0 Å². The van der Waals surface area contributed by atoms with Crippen LogP contribution in [-0.4, -0.2) is 44.9 Å². The Kier molecular flexibility index (Phi) is 5.43. The number of amides is 2. The van der Waals surface area contributed by atoms with Gasteiger partial charge in [0, 0.05) is 36.7 Å². The Hall–Kier alpha value is -3.30. The van der Waals surface area contributed by atoms with E-state index in [0.717, 1.165) is 0 Å². The van der Waals surface area contributed by atoms with Gasteiger partial charge < -0.3 is 14.7 Å². The van der Waals surface area contributed by atoms with E-state index < -0.39 is 4.92 Å². The molecule has 0 atom stereocenters. The number of piperidine rings is 1. The second kappa shape index (κ2) is 7.94. The van der Waals surface area contributed by atoms with E-state index in [2.05, 4.69) is 15.5 Å². The van der Waals surface area contributed by atoms with Crippen molar-refractivity contribution in [2.75, 3.05) is 13.1 Å². The molecule has 1 fully saturated rings. The molecule has 142 valence electrons. The topological polar surface area (TPSA) is 131 Å². The quantitative estimate of drug-likeness (QED) is 0.620. The SMILES string of the molecule is Cc1noc(CNC(=O)C2CCN(C(=O)c3cccc([N+](=O)[O-])c3)CC2)n1. The van der Waals surface area contributed by atoms with E-state index in [4.69, 9.17) is 4.52 Å². The van der Waals surface area contributed by atoms with Crippen molar-refractivity contribution in [1.82, 2.24) is 20.4 Å². The van der Waals surface area contributed by atoms with Gasteiger partial charge in [0.1, 0.15) is 0 Å². The van der Waals surface area contributed by atoms with E-state index in [-0.39, 0.29) is 35.5 Å². The number of hydrogen-bond acceptors (Lipinski definition) is 7. The molecule has 0 bridgehead atoms. The summed E-state index contributed by atoms with van der Waals surface area (Å²) in [5.74, 6) is 0.265. The van der Waals surface area contributed by atoms with Gasteiger partial charge in [-0.3, -0.25) is 19.7 Å². The van der Waals surface area contributed by atoms with Gasteiger partial charge in [0.25, 0.3) is 11.6 Å². The van der Waals surface area contributed by atoms with Crippen molar-refractivity contribution in [3.8, 4) is 0 Å². The Morgan fingerprint density at radius 2 is 2.11 bits per heavy atom. The van der Waals surface area contributed by atoms with Crippen molar-refractivity contribution in [2.24, 2.45) is 5.92 Å². The highest BCUT2D eigenvalue weighted by Crippen LogP contribution is 2.21. The molecule has 1 aliphatic rings. The predicted molar refractivity (Wildman–Crippen MR) is 92.6 cm³/mol. The number of nitro groups is 1. The minimum absolute atomic E-state index is 0.117. The molecule has 1 aliphatic heterocycles. The molecule has 0 saturated carbocycles. The molecular weight excluding hydrogens is 354 g/mol. The van der Waals surface area contributed by atoms with Crippen molar-refractivity contribution >= 4 is 17.5 Å². The Labute approximate surface area is 154 Å². The van der Waals surface area contributed by atoms with Crippen molar-refractivity contribution in [2.45, 2.75) is 26.3 Å². The lowest BCUT2D eigenvalue weighted by molar-refractivity contribution is -0.384. The van der Waals surface area contributed by atoms with E-state index in [0.29, 0.717) is 37.6 Å². The van der Waals surface area contributed by atoms with Gasteiger partial charge in [-0.25, -0.2) is 0 Å². The van der Waals surface area contributed by atoms with Gasteiger partial charge >= 0.3 is 0 Å². The average molecular weight is 373 g/mol. The molecule has 1 aromatic heterocycles. The summed E-state index contributed by atoms with van der Waals surface area (Å²) in [5, 5.41) is 17.3. The number of aryl methyl sites for hydroxylation is 1. The molecule has 2 heterocycles. The smallest absolute Gasteiger partial charge is 0.270 e. The number of carbonyl (C=O) groups is 2. The molecule has 10 nitrogen and oxygen atoms in total. The summed E-state index contributed by atoms with van der Waals surface area (Å²) in [6, 6.07) is 5.66. The second-order valence-corrected chi connectivity index (χ2v) is 6.33. The zero-order valence-electron chi connectivity index (χ0n) is 14.8. The Morgan fingerprint density at radius 1 is 1.37 bits per heavy atom. The van der Waals surface area contributed by atoms with Crippen LogP contribution in [0.3, 0.4) is 0 Å². The van der Waals surface area contributed by atoms with Crippen molar-refractivity contribution in [1.29, 1.82) is 0 Å². The fourth-order valence-corrected chi connectivity index (χ4v) is 3.00. The molecule has 1 saturated heterocycles. The maximum Gasteiger partial charge on any atom is 0.270 e. The number of nitro benzene ring substituents is 1. The lowest BCUT2D eigenvalue weighted by atomic mass is 9.95. The minimum Gasteiger partial charge on any atom is -0.347 e. The van der Waals surface area contributed by atoms with Crippen LogP contribution >= 0.6 is 0 Å². The standard InChI is InChI=1S/C17H19N5O5/c1-11-19-15(27-20-11)10-18-16(23)12-5-7-21(8-6-12)17(24)13-3-2-4-14(9-13)22(25)26/h2-4,9,12H,5-8,10H2,1H3,(H,18,23). The van der Waals surface area contributed by atoms with Crippen LogP contribution in [0.1, 0.15) is 34.9 Å². The van der Waals surface area contributed by atoms with Crippen molar-refractivity contribution in [3.05, 3.63) is 51.7 Å². The van der Waals surface area contributed by atoms with Gasteiger partial charge in [-0.05, 0) is 25.8 Å². The molecule has 2 aromatic rings. The zero-order chi connectivity index (χ0) is 19.4. The largest absolute Gasteiger partial charge is 0.347 e. The molecule has 0 spiro atoms. The molecule has 0 unspecified atom stereocenters. The Bertz CT molecular complexity index is 857. The summed E-state index contributed by atoms with van der Waals surface area (Å²) < 4.78 is 4.95. The van der Waals surface area contributed by atoms with Crippen LogP contribution in [0, 0.1) is 23.0 Å². The molecule has 0 radical (unpaired) electrons. The monoisotopic (exact) mass is 373 g/mol. The van der Waals surface area contributed by atoms with Crippen molar-refractivity contribution in [3.63, 3.8) is 0 Å². The van der Waals surface area contributed by atoms with Gasteiger partial charge in [0.15, 0.2) is 5.82 Å².